The summed E-state index contributed by atoms with van der Waals surface area (Å²) in [4.78, 5) is 12.4. The van der Waals surface area contributed by atoms with Crippen molar-refractivity contribution in [2.24, 2.45) is 5.14 Å². The second-order valence-corrected chi connectivity index (χ2v) is 8.58. The highest BCUT2D eigenvalue weighted by Gasteiger charge is 2.13. The molecule has 3 aromatic rings. The quantitative estimate of drug-likeness (QED) is 0.373. The van der Waals surface area contributed by atoms with Gasteiger partial charge in [0.05, 0.1) is 12.0 Å². The van der Waals surface area contributed by atoms with Gasteiger partial charge in [-0.05, 0) is 65.7 Å². The molecule has 3 rings (SSSR count). The number of nitrogens with one attached hydrogen (secondary N) is 1. The number of methoxy groups -OCH3 is 1. The number of sulfonamides is 1. The van der Waals surface area contributed by atoms with Gasteiger partial charge >= 0.3 is 0 Å². The minimum absolute atomic E-state index is 0.102. The summed E-state index contributed by atoms with van der Waals surface area (Å²) in [6.45, 7) is 0.196. The monoisotopic (exact) mass is 481 g/mol. The second-order valence-electron chi connectivity index (χ2n) is 7.02. The Morgan fingerprint density at radius 3 is 2.35 bits per heavy atom. The number of hydrogen-bond donors (Lipinski definition) is 2. The van der Waals surface area contributed by atoms with Crippen molar-refractivity contribution in [2.45, 2.75) is 11.5 Å². The number of anilines is 1. The summed E-state index contributed by atoms with van der Waals surface area (Å²) in [5.41, 5.74) is 1.40. The van der Waals surface area contributed by atoms with Crippen LogP contribution in [0.2, 0.25) is 0 Å². The van der Waals surface area contributed by atoms with Crippen LogP contribution in [0.25, 0.3) is 6.08 Å². The van der Waals surface area contributed by atoms with E-state index in [4.69, 9.17) is 14.6 Å². The molecule has 0 aliphatic carbocycles. The van der Waals surface area contributed by atoms with Gasteiger partial charge in [-0.1, -0.05) is 18.2 Å². The molecule has 8 nitrogen and oxygen atoms in total. The van der Waals surface area contributed by atoms with E-state index in [0.29, 0.717) is 22.7 Å². The van der Waals surface area contributed by atoms with Gasteiger partial charge in [0.2, 0.25) is 10.0 Å². The lowest BCUT2D eigenvalue weighted by atomic mass is 10.1. The Morgan fingerprint density at radius 2 is 1.76 bits per heavy atom. The summed E-state index contributed by atoms with van der Waals surface area (Å²) in [5.74, 6) is -0.203. The zero-order valence-electron chi connectivity index (χ0n) is 18.0. The van der Waals surface area contributed by atoms with E-state index in [9.17, 15) is 22.9 Å². The number of rotatable bonds is 8. The number of hydrogen-bond acceptors (Lipinski definition) is 6. The fourth-order valence-electron chi connectivity index (χ4n) is 2.88. The number of amides is 1. The standard InChI is InChI=1S/C24H20FN3O5S/c1-32-23-13-17(4-11-22(23)33-15-16-2-5-19(25)6-3-16)12-18(14-26)24(29)28-20-7-9-21(10-8-20)34(27,30)31/h2-13H,15H2,1H3,(H,28,29)(H2,27,30,31)/b18-12-. The molecule has 0 aromatic heterocycles. The SMILES string of the molecule is COc1cc(/C=C(/C#N)C(=O)Nc2ccc(S(N)(=O)=O)cc2)ccc1OCc1ccc(F)cc1. The van der Waals surface area contributed by atoms with Gasteiger partial charge in [0.15, 0.2) is 11.5 Å². The van der Waals surface area contributed by atoms with Crippen LogP contribution >= 0.6 is 0 Å². The van der Waals surface area contributed by atoms with E-state index < -0.39 is 15.9 Å². The number of carbonyl (C=O) groups is 1. The first-order chi connectivity index (χ1) is 16.2. The van der Waals surface area contributed by atoms with Crippen LogP contribution in [0.3, 0.4) is 0 Å². The van der Waals surface area contributed by atoms with Crippen LogP contribution in [0.5, 0.6) is 11.5 Å². The van der Waals surface area contributed by atoms with Gasteiger partial charge in [-0.15, -0.1) is 0 Å². The molecular formula is C24H20FN3O5S. The van der Waals surface area contributed by atoms with Crippen molar-refractivity contribution < 1.29 is 27.1 Å². The van der Waals surface area contributed by atoms with Gasteiger partial charge in [0.25, 0.3) is 5.91 Å². The number of benzene rings is 3. The molecule has 0 aliphatic heterocycles. The van der Waals surface area contributed by atoms with Crippen LogP contribution in [0.15, 0.2) is 77.2 Å². The lowest BCUT2D eigenvalue weighted by Gasteiger charge is -2.12. The molecule has 0 fully saturated rings. The first-order valence-corrected chi connectivity index (χ1v) is 11.4. The summed E-state index contributed by atoms with van der Waals surface area (Å²) in [5, 5.41) is 17.0. The van der Waals surface area contributed by atoms with Crippen LogP contribution in [0.1, 0.15) is 11.1 Å². The Kier molecular flexibility index (Phi) is 7.63. The molecule has 34 heavy (non-hydrogen) atoms. The number of primary sulfonamides is 1. The van der Waals surface area contributed by atoms with E-state index in [1.54, 1.807) is 30.3 Å². The van der Waals surface area contributed by atoms with Gasteiger partial charge in [-0.2, -0.15) is 5.26 Å². The van der Waals surface area contributed by atoms with Crippen LogP contribution in [0, 0.1) is 17.1 Å². The van der Waals surface area contributed by atoms with E-state index in [0.717, 1.165) is 5.56 Å². The fourth-order valence-corrected chi connectivity index (χ4v) is 3.39. The van der Waals surface area contributed by atoms with E-state index in [-0.39, 0.29) is 22.9 Å². The summed E-state index contributed by atoms with van der Waals surface area (Å²) >= 11 is 0. The van der Waals surface area contributed by atoms with Crippen molar-refractivity contribution in [3.05, 3.63) is 89.2 Å². The Balaban J connectivity index is 1.73. The van der Waals surface area contributed by atoms with E-state index >= 15 is 0 Å². The zero-order valence-corrected chi connectivity index (χ0v) is 18.8. The van der Waals surface area contributed by atoms with Crippen molar-refractivity contribution in [2.75, 3.05) is 12.4 Å². The Morgan fingerprint density at radius 1 is 1.09 bits per heavy atom. The largest absolute Gasteiger partial charge is 0.493 e. The third-order valence-corrected chi connectivity index (χ3v) is 5.54. The molecule has 10 heteroatoms. The van der Waals surface area contributed by atoms with Crippen LogP contribution in [0.4, 0.5) is 10.1 Å². The number of halogens is 1. The van der Waals surface area contributed by atoms with E-state index in [1.165, 1.54) is 49.6 Å². The molecule has 0 radical (unpaired) electrons. The molecule has 3 aromatic carbocycles. The molecule has 0 heterocycles. The van der Waals surface area contributed by atoms with Crippen LogP contribution < -0.4 is 19.9 Å². The Labute approximate surface area is 196 Å². The predicted molar refractivity (Wildman–Crippen MR) is 124 cm³/mol. The molecule has 0 saturated heterocycles. The molecule has 0 bridgehead atoms. The van der Waals surface area contributed by atoms with Gasteiger partial charge in [0.1, 0.15) is 24.1 Å². The molecule has 1 amide bonds. The highest BCUT2D eigenvalue weighted by molar-refractivity contribution is 7.89. The minimum atomic E-state index is -3.86. The Bertz CT molecular complexity index is 1360. The maximum Gasteiger partial charge on any atom is 0.266 e. The smallest absolute Gasteiger partial charge is 0.266 e. The maximum atomic E-state index is 13.0. The topological polar surface area (TPSA) is 132 Å². The van der Waals surface area contributed by atoms with Crippen LogP contribution in [-0.4, -0.2) is 21.4 Å². The van der Waals surface area contributed by atoms with Crippen molar-refractivity contribution in [1.82, 2.24) is 0 Å². The third kappa shape index (κ3) is 6.41. The molecule has 0 aliphatic rings. The Hall–Kier alpha value is -4.20. The third-order valence-electron chi connectivity index (χ3n) is 4.61. The van der Waals surface area contributed by atoms with E-state index in [2.05, 4.69) is 5.32 Å². The number of nitrogens with zero attached hydrogens (tertiary/aromatic N) is 1. The number of nitriles is 1. The minimum Gasteiger partial charge on any atom is -0.493 e. The van der Waals surface area contributed by atoms with Crippen molar-refractivity contribution in [3.63, 3.8) is 0 Å². The van der Waals surface area contributed by atoms with Crippen molar-refractivity contribution in [1.29, 1.82) is 5.26 Å². The maximum absolute atomic E-state index is 13.0. The predicted octanol–water partition coefficient (Wildman–Crippen LogP) is 3.61. The van der Waals surface area contributed by atoms with Gasteiger partial charge in [-0.25, -0.2) is 17.9 Å². The lowest BCUT2D eigenvalue weighted by Crippen LogP contribution is -2.14. The molecule has 0 atom stereocenters. The average Bonchev–Trinajstić information content (AvgIpc) is 2.82. The first kappa shape index (κ1) is 24.4. The van der Waals surface area contributed by atoms with Crippen molar-refractivity contribution >= 4 is 27.7 Å². The summed E-state index contributed by atoms with van der Waals surface area (Å²) in [6, 6.07) is 17.8. The molecule has 0 saturated carbocycles. The number of nitrogens with two attached hydrogens (primary N) is 1. The van der Waals surface area contributed by atoms with E-state index in [1.807, 2.05) is 6.07 Å². The van der Waals surface area contributed by atoms with Gasteiger partial charge in [0, 0.05) is 5.69 Å². The average molecular weight is 482 g/mol. The van der Waals surface area contributed by atoms with Crippen LogP contribution in [-0.2, 0) is 21.4 Å². The lowest BCUT2D eigenvalue weighted by molar-refractivity contribution is -0.112. The zero-order chi connectivity index (χ0) is 24.7. The summed E-state index contributed by atoms with van der Waals surface area (Å²) < 4.78 is 46.8. The molecule has 3 N–H and O–H groups in total. The highest BCUT2D eigenvalue weighted by Crippen LogP contribution is 2.30. The number of carbonyl (C=O) groups excluding carboxylic acids is 1. The molecule has 0 spiro atoms. The van der Waals surface area contributed by atoms with Gasteiger partial charge < -0.3 is 14.8 Å². The fraction of sp³-hybridized carbons (Fsp3) is 0.0833. The molecule has 174 valence electrons. The number of ether oxygens (including phenoxy) is 2. The van der Waals surface area contributed by atoms with Crippen molar-refractivity contribution in [3.8, 4) is 17.6 Å². The first-order valence-electron chi connectivity index (χ1n) is 9.81. The normalized spacial score (nSPS) is 11.4. The van der Waals surface area contributed by atoms with Gasteiger partial charge in [-0.3, -0.25) is 4.79 Å². The molecule has 0 unspecified atom stereocenters. The molecular weight excluding hydrogens is 461 g/mol. The summed E-state index contributed by atoms with van der Waals surface area (Å²) in [6.07, 6.45) is 1.38. The second kappa shape index (κ2) is 10.6. The summed E-state index contributed by atoms with van der Waals surface area (Å²) in [7, 11) is -2.40. The highest BCUT2D eigenvalue weighted by atomic mass is 32.2.